The lowest BCUT2D eigenvalue weighted by molar-refractivity contribution is 0.249. The van der Waals surface area contributed by atoms with Crippen LogP contribution in [0.25, 0.3) is 11.0 Å². The second-order valence-electron chi connectivity index (χ2n) is 9.40. The van der Waals surface area contributed by atoms with E-state index in [2.05, 4.69) is 40.4 Å². The Morgan fingerprint density at radius 3 is 2.72 bits per heavy atom. The largest absolute Gasteiger partial charge is 0.459 e. The summed E-state index contributed by atoms with van der Waals surface area (Å²) in [5, 5.41) is 12.9. The van der Waals surface area contributed by atoms with Crippen LogP contribution in [0.3, 0.4) is 0 Å². The van der Waals surface area contributed by atoms with Gasteiger partial charge in [0.1, 0.15) is 17.1 Å². The van der Waals surface area contributed by atoms with E-state index in [9.17, 15) is 0 Å². The van der Waals surface area contributed by atoms with Crippen molar-refractivity contribution in [3.63, 3.8) is 0 Å². The Kier molecular flexibility index (Phi) is 5.46. The van der Waals surface area contributed by atoms with Crippen LogP contribution in [-0.2, 0) is 18.5 Å². The van der Waals surface area contributed by atoms with Crippen molar-refractivity contribution >= 4 is 28.3 Å². The molecule has 0 bridgehead atoms. The monoisotopic (exact) mass is 454 g/mol. The molecule has 1 aliphatic heterocycles. The molecule has 32 heavy (non-hydrogen) atoms. The number of hydrogen-bond acceptors (Lipinski definition) is 6. The highest BCUT2D eigenvalue weighted by atomic mass is 35.5. The number of nitrogens with zero attached hydrogens (tertiary/aromatic N) is 2. The molecule has 170 valence electrons. The van der Waals surface area contributed by atoms with Gasteiger partial charge in [0, 0.05) is 23.1 Å². The highest BCUT2D eigenvalue weighted by Crippen LogP contribution is 2.49. The fraction of sp³-hybridized carbons (Fsp3) is 0.480. The van der Waals surface area contributed by atoms with Crippen molar-refractivity contribution in [1.29, 1.82) is 0 Å². The van der Waals surface area contributed by atoms with Crippen LogP contribution in [0.15, 0.2) is 33.5 Å². The number of hydrogen-bond donors (Lipinski definition) is 2. The minimum atomic E-state index is -0.163. The molecule has 0 amide bonds. The third kappa shape index (κ3) is 3.69. The summed E-state index contributed by atoms with van der Waals surface area (Å²) in [4.78, 5) is 2.27. The standard InChI is InChI=1S/C25H31ClN4O2/c1-15-20(16(2)32-29-15)8-11-30(4)14-19-12-18-13-21(26)23-22(24(18)31-19)25(28-17(3)27-23)9-6-5-7-10-25/h12-13,27-28H,3,5-11,14H2,1-2,4H3. The Bertz CT molecular complexity index is 1150. The van der Waals surface area contributed by atoms with Gasteiger partial charge in [-0.15, -0.1) is 0 Å². The molecule has 5 rings (SSSR count). The number of aryl methyl sites for hydroxylation is 2. The van der Waals surface area contributed by atoms with Gasteiger partial charge in [0.15, 0.2) is 0 Å². The van der Waals surface area contributed by atoms with Crippen LogP contribution in [0.5, 0.6) is 0 Å². The first-order valence-corrected chi connectivity index (χ1v) is 11.8. The summed E-state index contributed by atoms with van der Waals surface area (Å²) >= 11 is 6.74. The quantitative estimate of drug-likeness (QED) is 0.492. The molecule has 2 aromatic heterocycles. The third-order valence-corrected chi connectivity index (χ3v) is 7.31. The first kappa shape index (κ1) is 21.4. The number of rotatable bonds is 5. The van der Waals surface area contributed by atoms with E-state index in [1.54, 1.807) is 0 Å². The lowest BCUT2D eigenvalue weighted by Gasteiger charge is -2.44. The van der Waals surface area contributed by atoms with Crippen molar-refractivity contribution in [1.82, 2.24) is 15.4 Å². The van der Waals surface area contributed by atoms with Crippen molar-refractivity contribution in [2.75, 3.05) is 18.9 Å². The van der Waals surface area contributed by atoms with Crippen LogP contribution in [0, 0.1) is 13.8 Å². The fourth-order valence-electron chi connectivity index (χ4n) is 5.43. The van der Waals surface area contributed by atoms with Gasteiger partial charge < -0.3 is 19.6 Å². The van der Waals surface area contributed by atoms with E-state index in [4.69, 9.17) is 20.5 Å². The predicted molar refractivity (Wildman–Crippen MR) is 128 cm³/mol. The average Bonchev–Trinajstić information content (AvgIpc) is 3.28. The van der Waals surface area contributed by atoms with E-state index in [1.165, 1.54) is 24.8 Å². The maximum atomic E-state index is 6.74. The number of fused-ring (bicyclic) bond motifs is 4. The van der Waals surface area contributed by atoms with Gasteiger partial charge in [0.2, 0.25) is 0 Å². The number of anilines is 1. The molecule has 1 aliphatic carbocycles. The van der Waals surface area contributed by atoms with E-state index in [-0.39, 0.29) is 5.54 Å². The highest BCUT2D eigenvalue weighted by molar-refractivity contribution is 6.34. The van der Waals surface area contributed by atoms with Crippen molar-refractivity contribution < 1.29 is 8.94 Å². The molecule has 0 saturated heterocycles. The molecule has 1 saturated carbocycles. The summed E-state index contributed by atoms with van der Waals surface area (Å²) in [5.74, 6) is 2.66. The molecule has 0 atom stereocenters. The lowest BCUT2D eigenvalue weighted by Crippen LogP contribution is -2.48. The van der Waals surface area contributed by atoms with Crippen molar-refractivity contribution in [3.05, 3.63) is 57.9 Å². The van der Waals surface area contributed by atoms with Gasteiger partial charge in [-0.3, -0.25) is 4.90 Å². The van der Waals surface area contributed by atoms with E-state index < -0.39 is 0 Å². The first-order chi connectivity index (χ1) is 15.4. The van der Waals surface area contributed by atoms with Crippen LogP contribution < -0.4 is 10.6 Å². The SMILES string of the molecule is C=C1Nc2c(Cl)cc3cc(CN(C)CCc4c(C)noc4C)oc3c2C2(CCCCC2)N1. The normalized spacial score (nSPS) is 17.6. The Balaban J connectivity index is 1.44. The number of likely N-dealkylation sites (N-methyl/N-ethyl adjacent to an activating group) is 1. The third-order valence-electron chi connectivity index (χ3n) is 7.01. The van der Waals surface area contributed by atoms with E-state index in [0.717, 1.165) is 82.6 Å². The van der Waals surface area contributed by atoms with E-state index >= 15 is 0 Å². The summed E-state index contributed by atoms with van der Waals surface area (Å²) < 4.78 is 11.8. The van der Waals surface area contributed by atoms with Gasteiger partial charge in [-0.05, 0) is 52.3 Å². The first-order valence-electron chi connectivity index (χ1n) is 11.5. The highest BCUT2D eigenvalue weighted by Gasteiger charge is 2.42. The number of nitrogens with one attached hydrogen (secondary N) is 2. The van der Waals surface area contributed by atoms with Crippen molar-refractivity contribution in [3.8, 4) is 0 Å². The zero-order valence-corrected chi connectivity index (χ0v) is 19.9. The number of halogens is 1. The topological polar surface area (TPSA) is 66.5 Å². The minimum Gasteiger partial charge on any atom is -0.459 e. The molecule has 3 heterocycles. The molecule has 1 spiro atoms. The molecule has 6 nitrogen and oxygen atoms in total. The zero-order valence-electron chi connectivity index (χ0n) is 19.1. The molecule has 0 unspecified atom stereocenters. The van der Waals surface area contributed by atoms with Crippen LogP contribution >= 0.6 is 11.6 Å². The molecular weight excluding hydrogens is 424 g/mol. The van der Waals surface area contributed by atoms with Gasteiger partial charge in [-0.25, -0.2) is 0 Å². The predicted octanol–water partition coefficient (Wildman–Crippen LogP) is 6.01. The van der Waals surface area contributed by atoms with Crippen LogP contribution in [-0.4, -0.2) is 23.6 Å². The summed E-state index contributed by atoms with van der Waals surface area (Å²) in [7, 11) is 2.11. The Labute approximate surface area is 194 Å². The number of benzene rings is 1. The Hall–Kier alpha value is -2.44. The summed E-state index contributed by atoms with van der Waals surface area (Å²) in [5.41, 5.74) is 5.05. The molecule has 2 aliphatic rings. The van der Waals surface area contributed by atoms with Gasteiger partial charge in [-0.1, -0.05) is 42.6 Å². The van der Waals surface area contributed by atoms with Crippen LogP contribution in [0.2, 0.25) is 5.02 Å². The molecule has 1 fully saturated rings. The van der Waals surface area contributed by atoms with Gasteiger partial charge in [-0.2, -0.15) is 0 Å². The molecule has 2 N–H and O–H groups in total. The zero-order chi connectivity index (χ0) is 22.5. The maximum absolute atomic E-state index is 6.74. The molecule has 0 radical (unpaired) electrons. The number of furan rings is 1. The molecule has 1 aromatic carbocycles. The summed E-state index contributed by atoms with van der Waals surface area (Å²) in [6.07, 6.45) is 6.66. The molecular formula is C25H31ClN4O2. The minimum absolute atomic E-state index is 0.163. The molecule has 7 heteroatoms. The Morgan fingerprint density at radius 1 is 1.22 bits per heavy atom. The lowest BCUT2D eigenvalue weighted by atomic mass is 9.74. The summed E-state index contributed by atoms with van der Waals surface area (Å²) in [6, 6.07) is 4.14. The smallest absolute Gasteiger partial charge is 0.142 e. The second-order valence-corrected chi connectivity index (χ2v) is 9.81. The maximum Gasteiger partial charge on any atom is 0.142 e. The van der Waals surface area contributed by atoms with E-state index in [1.807, 2.05) is 19.9 Å². The fourth-order valence-corrected chi connectivity index (χ4v) is 5.69. The number of aromatic nitrogens is 1. The molecule has 3 aromatic rings. The van der Waals surface area contributed by atoms with Crippen LogP contribution in [0.4, 0.5) is 5.69 Å². The van der Waals surface area contributed by atoms with Crippen molar-refractivity contribution in [2.45, 2.75) is 64.5 Å². The van der Waals surface area contributed by atoms with Gasteiger partial charge in [0.05, 0.1) is 34.3 Å². The van der Waals surface area contributed by atoms with Gasteiger partial charge >= 0.3 is 0 Å². The Morgan fingerprint density at radius 2 is 2.00 bits per heavy atom. The summed E-state index contributed by atoms with van der Waals surface area (Å²) in [6.45, 7) is 9.74. The second kappa shape index (κ2) is 8.16. The van der Waals surface area contributed by atoms with Crippen molar-refractivity contribution in [2.24, 2.45) is 0 Å². The average molecular weight is 455 g/mol. The van der Waals surface area contributed by atoms with E-state index in [0.29, 0.717) is 0 Å². The van der Waals surface area contributed by atoms with Gasteiger partial charge in [0.25, 0.3) is 0 Å². The van der Waals surface area contributed by atoms with Crippen LogP contribution in [0.1, 0.15) is 60.4 Å².